The predicted molar refractivity (Wildman–Crippen MR) is 71.6 cm³/mol. The van der Waals surface area contributed by atoms with Crippen molar-refractivity contribution in [3.8, 4) is 0 Å². The fraction of sp³-hybridized carbons (Fsp3) is 0.538. The standard InChI is InChI=1S/C13H19F2NO3S/c1-4-9(2)13(3,17)8-16-20(18,19)12-6-5-10(14)7-11(12)15/h5-7,9,16-17H,4,8H2,1-3H3. The minimum Gasteiger partial charge on any atom is -0.389 e. The molecule has 0 radical (unpaired) electrons. The van der Waals surface area contributed by atoms with E-state index in [9.17, 15) is 22.3 Å². The van der Waals surface area contributed by atoms with Crippen LogP contribution in [0, 0.1) is 17.6 Å². The van der Waals surface area contributed by atoms with E-state index in [4.69, 9.17) is 0 Å². The number of benzene rings is 1. The maximum atomic E-state index is 13.5. The van der Waals surface area contributed by atoms with Crippen molar-refractivity contribution in [1.82, 2.24) is 4.72 Å². The van der Waals surface area contributed by atoms with E-state index in [1.165, 1.54) is 6.92 Å². The summed E-state index contributed by atoms with van der Waals surface area (Å²) in [5.74, 6) is -2.16. The molecule has 2 atom stereocenters. The zero-order chi connectivity index (χ0) is 15.6. The summed E-state index contributed by atoms with van der Waals surface area (Å²) >= 11 is 0. The molecule has 1 rings (SSSR count). The lowest BCUT2D eigenvalue weighted by Gasteiger charge is -2.29. The smallest absolute Gasteiger partial charge is 0.243 e. The molecule has 0 saturated carbocycles. The first-order valence-corrected chi connectivity index (χ1v) is 7.75. The molecule has 1 aromatic rings. The molecule has 20 heavy (non-hydrogen) atoms. The molecule has 2 unspecified atom stereocenters. The van der Waals surface area contributed by atoms with Gasteiger partial charge in [-0.2, -0.15) is 0 Å². The molecule has 7 heteroatoms. The Morgan fingerprint density at radius 3 is 2.50 bits per heavy atom. The van der Waals surface area contributed by atoms with E-state index in [2.05, 4.69) is 4.72 Å². The van der Waals surface area contributed by atoms with Gasteiger partial charge in [-0.15, -0.1) is 0 Å². The zero-order valence-electron chi connectivity index (χ0n) is 11.7. The largest absolute Gasteiger partial charge is 0.389 e. The molecule has 1 aromatic carbocycles. The van der Waals surface area contributed by atoms with Crippen molar-refractivity contribution in [1.29, 1.82) is 0 Å². The Kier molecular flexibility index (Phi) is 5.23. The van der Waals surface area contributed by atoms with E-state index < -0.39 is 32.2 Å². The monoisotopic (exact) mass is 307 g/mol. The number of sulfonamides is 1. The molecule has 0 aliphatic rings. The number of rotatable bonds is 6. The Balaban J connectivity index is 2.91. The molecule has 0 amide bonds. The van der Waals surface area contributed by atoms with E-state index in [0.717, 1.165) is 12.1 Å². The van der Waals surface area contributed by atoms with Crippen molar-refractivity contribution in [2.45, 2.75) is 37.7 Å². The van der Waals surface area contributed by atoms with Crippen molar-refractivity contribution in [2.75, 3.05) is 6.54 Å². The average Bonchev–Trinajstić information content (AvgIpc) is 2.35. The SMILES string of the molecule is CCC(C)C(C)(O)CNS(=O)(=O)c1ccc(F)cc1F. The number of aliphatic hydroxyl groups is 1. The normalized spacial score (nSPS) is 16.7. The summed E-state index contributed by atoms with van der Waals surface area (Å²) in [6.07, 6.45) is 0.666. The van der Waals surface area contributed by atoms with Gasteiger partial charge in [0, 0.05) is 12.6 Å². The summed E-state index contributed by atoms with van der Waals surface area (Å²) in [5.41, 5.74) is -1.25. The molecule has 0 fully saturated rings. The van der Waals surface area contributed by atoms with Crippen LogP contribution >= 0.6 is 0 Å². The highest BCUT2D eigenvalue weighted by Gasteiger charge is 2.30. The quantitative estimate of drug-likeness (QED) is 0.845. The van der Waals surface area contributed by atoms with Crippen LogP contribution in [0.2, 0.25) is 0 Å². The lowest BCUT2D eigenvalue weighted by Crippen LogP contribution is -2.45. The molecular formula is C13H19F2NO3S. The molecule has 4 nitrogen and oxygen atoms in total. The van der Waals surface area contributed by atoms with Crippen LogP contribution < -0.4 is 4.72 Å². The fourth-order valence-corrected chi connectivity index (χ4v) is 2.83. The highest BCUT2D eigenvalue weighted by Crippen LogP contribution is 2.21. The Labute approximate surface area is 117 Å². The van der Waals surface area contributed by atoms with Crippen LogP contribution in [0.4, 0.5) is 8.78 Å². The second-order valence-electron chi connectivity index (χ2n) is 5.07. The molecule has 0 bridgehead atoms. The average molecular weight is 307 g/mol. The van der Waals surface area contributed by atoms with Crippen LogP contribution in [0.25, 0.3) is 0 Å². The topological polar surface area (TPSA) is 66.4 Å². The Bertz CT molecular complexity index is 573. The van der Waals surface area contributed by atoms with E-state index in [1.807, 2.05) is 6.92 Å². The third kappa shape index (κ3) is 3.97. The third-order valence-corrected chi connectivity index (χ3v) is 4.91. The number of nitrogens with one attached hydrogen (secondary N) is 1. The highest BCUT2D eigenvalue weighted by atomic mass is 32.2. The molecule has 114 valence electrons. The lowest BCUT2D eigenvalue weighted by atomic mass is 9.89. The van der Waals surface area contributed by atoms with Crippen molar-refractivity contribution < 1.29 is 22.3 Å². The Morgan fingerprint density at radius 2 is 2.00 bits per heavy atom. The van der Waals surface area contributed by atoms with Gasteiger partial charge in [0.1, 0.15) is 16.5 Å². The molecule has 0 heterocycles. The Hall–Kier alpha value is -1.05. The van der Waals surface area contributed by atoms with Gasteiger partial charge >= 0.3 is 0 Å². The first-order chi connectivity index (χ1) is 9.10. The van der Waals surface area contributed by atoms with Crippen LogP contribution in [0.1, 0.15) is 27.2 Å². The predicted octanol–water partition coefficient (Wildman–Crippen LogP) is 2.04. The van der Waals surface area contributed by atoms with Crippen molar-refractivity contribution in [3.63, 3.8) is 0 Å². The van der Waals surface area contributed by atoms with E-state index in [0.29, 0.717) is 12.5 Å². The maximum Gasteiger partial charge on any atom is 0.243 e. The third-order valence-electron chi connectivity index (χ3n) is 3.48. The minimum atomic E-state index is -4.13. The summed E-state index contributed by atoms with van der Waals surface area (Å²) in [5, 5.41) is 10.1. The van der Waals surface area contributed by atoms with Gasteiger partial charge in [0.2, 0.25) is 10.0 Å². The summed E-state index contributed by atoms with van der Waals surface area (Å²) in [6, 6.07) is 2.22. The first kappa shape index (κ1) is 17.0. The molecule has 2 N–H and O–H groups in total. The second-order valence-corrected chi connectivity index (χ2v) is 6.80. The van der Waals surface area contributed by atoms with E-state index >= 15 is 0 Å². The summed E-state index contributed by atoms with van der Waals surface area (Å²) in [7, 11) is -4.13. The molecule has 0 aliphatic carbocycles. The molecular weight excluding hydrogens is 288 g/mol. The zero-order valence-corrected chi connectivity index (χ0v) is 12.5. The van der Waals surface area contributed by atoms with Gasteiger partial charge in [0.15, 0.2) is 0 Å². The van der Waals surface area contributed by atoms with Gasteiger partial charge in [0.25, 0.3) is 0 Å². The molecule has 0 spiro atoms. The van der Waals surface area contributed by atoms with Crippen LogP contribution in [-0.2, 0) is 10.0 Å². The van der Waals surface area contributed by atoms with Crippen LogP contribution in [-0.4, -0.2) is 25.7 Å². The summed E-state index contributed by atoms with van der Waals surface area (Å²) in [6.45, 7) is 4.91. The lowest BCUT2D eigenvalue weighted by molar-refractivity contribution is 0.0102. The maximum absolute atomic E-state index is 13.5. The highest BCUT2D eigenvalue weighted by molar-refractivity contribution is 7.89. The van der Waals surface area contributed by atoms with Crippen LogP contribution in [0.5, 0.6) is 0 Å². The fourth-order valence-electron chi connectivity index (χ4n) is 1.63. The van der Waals surface area contributed by atoms with Crippen LogP contribution in [0.3, 0.4) is 0 Å². The minimum absolute atomic E-state index is 0.136. The van der Waals surface area contributed by atoms with Crippen molar-refractivity contribution >= 4 is 10.0 Å². The van der Waals surface area contributed by atoms with E-state index in [-0.39, 0.29) is 12.5 Å². The van der Waals surface area contributed by atoms with Gasteiger partial charge in [0.05, 0.1) is 5.60 Å². The van der Waals surface area contributed by atoms with Crippen molar-refractivity contribution in [3.05, 3.63) is 29.8 Å². The number of halogens is 2. The second kappa shape index (κ2) is 6.15. The van der Waals surface area contributed by atoms with Crippen molar-refractivity contribution in [2.24, 2.45) is 5.92 Å². The first-order valence-electron chi connectivity index (χ1n) is 6.27. The van der Waals surface area contributed by atoms with Gasteiger partial charge < -0.3 is 5.11 Å². The van der Waals surface area contributed by atoms with Gasteiger partial charge in [-0.05, 0) is 25.0 Å². The molecule has 0 aromatic heterocycles. The van der Waals surface area contributed by atoms with Gasteiger partial charge in [-0.25, -0.2) is 21.9 Å². The Morgan fingerprint density at radius 1 is 1.40 bits per heavy atom. The molecule has 0 saturated heterocycles. The number of hydrogen-bond acceptors (Lipinski definition) is 3. The van der Waals surface area contributed by atoms with Gasteiger partial charge in [-0.3, -0.25) is 0 Å². The van der Waals surface area contributed by atoms with E-state index in [1.54, 1.807) is 6.92 Å². The molecule has 0 aliphatic heterocycles. The summed E-state index contributed by atoms with van der Waals surface area (Å²) in [4.78, 5) is -0.640. The summed E-state index contributed by atoms with van der Waals surface area (Å²) < 4.78 is 52.3. The van der Waals surface area contributed by atoms with Gasteiger partial charge in [-0.1, -0.05) is 20.3 Å². The number of hydrogen-bond donors (Lipinski definition) is 2. The van der Waals surface area contributed by atoms with Crippen LogP contribution in [0.15, 0.2) is 23.1 Å².